The third-order valence-corrected chi connectivity index (χ3v) is 3.93. The summed E-state index contributed by atoms with van der Waals surface area (Å²) in [4.78, 5) is 12.5. The first-order chi connectivity index (χ1) is 13.6. The van der Waals surface area contributed by atoms with E-state index >= 15 is 0 Å². The summed E-state index contributed by atoms with van der Waals surface area (Å²) in [5.74, 6) is -0.559. The predicted molar refractivity (Wildman–Crippen MR) is 96.5 cm³/mol. The summed E-state index contributed by atoms with van der Waals surface area (Å²) in [5, 5.41) is 18.9. The molecule has 28 heavy (non-hydrogen) atoms. The molecule has 0 atom stereocenters. The minimum Gasteiger partial charge on any atom is -0.459 e. The molecule has 0 radical (unpaired) electrons. The largest absolute Gasteiger partial charge is 0.459 e. The van der Waals surface area contributed by atoms with Crippen molar-refractivity contribution in [2.24, 2.45) is 0 Å². The highest BCUT2D eigenvalue weighted by Gasteiger charge is 2.15. The molecule has 0 fully saturated rings. The third kappa shape index (κ3) is 3.37. The molecular weight excluding hydrogens is 363 g/mol. The summed E-state index contributed by atoms with van der Waals surface area (Å²) in [6.07, 6.45) is 1.47. The highest BCUT2D eigenvalue weighted by Crippen LogP contribution is 2.24. The molecule has 0 unspecified atom stereocenters. The lowest BCUT2D eigenvalue weighted by molar-refractivity contribution is 0.102. The molecule has 0 aliphatic carbocycles. The normalized spacial score (nSPS) is 10.4. The minimum absolute atomic E-state index is 0.0404. The Labute approximate surface area is 158 Å². The summed E-state index contributed by atoms with van der Waals surface area (Å²) in [6, 6.07) is 15.9. The summed E-state index contributed by atoms with van der Waals surface area (Å²) in [5.41, 5.74) is 1.45. The maximum Gasteiger partial charge on any atom is 0.322 e. The van der Waals surface area contributed by atoms with Gasteiger partial charge in [-0.2, -0.15) is 5.26 Å². The number of hydrogen-bond donors (Lipinski definition) is 1. The van der Waals surface area contributed by atoms with Crippen molar-refractivity contribution in [1.82, 2.24) is 10.2 Å². The molecule has 2 heterocycles. The molecule has 0 aliphatic heterocycles. The van der Waals surface area contributed by atoms with Gasteiger partial charge in [0.1, 0.15) is 11.9 Å². The van der Waals surface area contributed by atoms with Gasteiger partial charge in [-0.15, -0.1) is 5.10 Å². The van der Waals surface area contributed by atoms with Gasteiger partial charge >= 0.3 is 6.01 Å². The van der Waals surface area contributed by atoms with Gasteiger partial charge in [0.25, 0.3) is 11.8 Å². The Morgan fingerprint density at radius 1 is 1.07 bits per heavy atom. The second kappa shape index (κ2) is 7.17. The van der Waals surface area contributed by atoms with E-state index in [1.165, 1.54) is 18.4 Å². The molecule has 136 valence electrons. The maximum absolute atomic E-state index is 13.9. The van der Waals surface area contributed by atoms with Gasteiger partial charge in [-0.25, -0.2) is 4.39 Å². The van der Waals surface area contributed by atoms with E-state index in [9.17, 15) is 9.18 Å². The van der Waals surface area contributed by atoms with Crippen LogP contribution in [0.15, 0.2) is 69.7 Å². The van der Waals surface area contributed by atoms with Crippen molar-refractivity contribution < 1.29 is 18.0 Å². The second-order valence-corrected chi connectivity index (χ2v) is 5.73. The van der Waals surface area contributed by atoms with Crippen LogP contribution in [0.3, 0.4) is 0 Å². The highest BCUT2D eigenvalue weighted by molar-refractivity contribution is 6.03. The van der Waals surface area contributed by atoms with Gasteiger partial charge in [-0.1, -0.05) is 23.3 Å². The van der Waals surface area contributed by atoms with E-state index in [0.717, 1.165) is 0 Å². The number of carbonyl (C=O) groups excluding carboxylic acids is 1. The van der Waals surface area contributed by atoms with Crippen LogP contribution in [0.2, 0.25) is 0 Å². The number of rotatable bonds is 4. The predicted octanol–water partition coefficient (Wildman–Crippen LogP) is 4.26. The van der Waals surface area contributed by atoms with Gasteiger partial charge in [-0.05, 0) is 47.5 Å². The summed E-state index contributed by atoms with van der Waals surface area (Å²) < 4.78 is 24.4. The number of hydrogen-bond acceptors (Lipinski definition) is 6. The number of anilines is 1. The lowest BCUT2D eigenvalue weighted by Crippen LogP contribution is -2.12. The Kier molecular flexibility index (Phi) is 4.40. The molecular formula is C20H11FN4O3. The molecule has 2 aromatic carbocycles. The van der Waals surface area contributed by atoms with E-state index < -0.39 is 11.7 Å². The second-order valence-electron chi connectivity index (χ2n) is 5.73. The lowest BCUT2D eigenvalue weighted by Gasteiger charge is -2.06. The average Bonchev–Trinajstić information content (AvgIpc) is 3.40. The Hall–Kier alpha value is -4.25. The molecule has 0 bridgehead atoms. The first-order valence-corrected chi connectivity index (χ1v) is 8.13. The van der Waals surface area contributed by atoms with Crippen LogP contribution in [0.25, 0.3) is 22.8 Å². The molecule has 0 aliphatic rings. The van der Waals surface area contributed by atoms with Gasteiger partial charge in [-0.3, -0.25) is 10.1 Å². The van der Waals surface area contributed by atoms with Gasteiger partial charge in [0.05, 0.1) is 11.8 Å². The van der Waals surface area contributed by atoms with Gasteiger partial charge < -0.3 is 8.83 Å². The van der Waals surface area contributed by atoms with Crippen LogP contribution in [-0.4, -0.2) is 16.1 Å². The minimum atomic E-state index is -0.619. The van der Waals surface area contributed by atoms with Gasteiger partial charge in [0.2, 0.25) is 0 Å². The number of furan rings is 1. The number of carbonyl (C=O) groups is 1. The van der Waals surface area contributed by atoms with E-state index in [2.05, 4.69) is 15.5 Å². The number of benzene rings is 2. The Bertz CT molecular complexity index is 1190. The summed E-state index contributed by atoms with van der Waals surface area (Å²) >= 11 is 0. The van der Waals surface area contributed by atoms with Crippen molar-refractivity contribution in [3.8, 4) is 28.8 Å². The fraction of sp³-hybridized carbons (Fsp3) is 0. The molecule has 8 heteroatoms. The number of aromatic nitrogens is 2. The quantitative estimate of drug-likeness (QED) is 0.572. The molecule has 4 aromatic rings. The van der Waals surface area contributed by atoms with Crippen molar-refractivity contribution in [2.75, 3.05) is 5.32 Å². The van der Waals surface area contributed by atoms with Crippen LogP contribution in [0, 0.1) is 17.1 Å². The number of nitrogens with one attached hydrogen (secondary N) is 1. The van der Waals surface area contributed by atoms with Crippen LogP contribution in [0.1, 0.15) is 15.9 Å². The van der Waals surface area contributed by atoms with E-state index in [0.29, 0.717) is 22.5 Å². The molecule has 4 rings (SSSR count). The van der Waals surface area contributed by atoms with E-state index in [1.807, 2.05) is 0 Å². The third-order valence-electron chi connectivity index (χ3n) is 3.93. The van der Waals surface area contributed by atoms with Crippen LogP contribution in [-0.2, 0) is 0 Å². The number of nitriles is 1. The molecule has 7 nitrogen and oxygen atoms in total. The zero-order valence-electron chi connectivity index (χ0n) is 14.2. The molecule has 0 saturated carbocycles. The van der Waals surface area contributed by atoms with Crippen LogP contribution in [0.5, 0.6) is 0 Å². The fourth-order valence-corrected chi connectivity index (χ4v) is 2.57. The smallest absolute Gasteiger partial charge is 0.322 e. The fourth-order valence-electron chi connectivity index (χ4n) is 2.57. The highest BCUT2D eigenvalue weighted by atomic mass is 19.1. The lowest BCUT2D eigenvalue weighted by atomic mass is 10.0. The first kappa shape index (κ1) is 17.2. The van der Waals surface area contributed by atoms with Crippen molar-refractivity contribution in [1.29, 1.82) is 5.26 Å². The van der Waals surface area contributed by atoms with Crippen LogP contribution < -0.4 is 5.32 Å². The monoisotopic (exact) mass is 374 g/mol. The molecule has 0 saturated heterocycles. The van der Waals surface area contributed by atoms with Crippen molar-refractivity contribution >= 4 is 11.9 Å². The standard InChI is InChI=1S/C20H11FN4O3/c21-16-10-13(6-7-15(16)11-22)12-3-1-4-14(9-12)18(26)23-20-25-24-19(28-20)17-5-2-8-27-17/h1-10H,(H,23,25,26). The van der Waals surface area contributed by atoms with Crippen molar-refractivity contribution in [3.63, 3.8) is 0 Å². The van der Waals surface area contributed by atoms with Gasteiger partial charge in [0, 0.05) is 5.56 Å². The number of nitrogens with zero attached hydrogens (tertiary/aromatic N) is 3. The first-order valence-electron chi connectivity index (χ1n) is 8.13. The topological polar surface area (TPSA) is 105 Å². The van der Waals surface area contributed by atoms with Crippen molar-refractivity contribution in [3.05, 3.63) is 77.8 Å². The van der Waals surface area contributed by atoms with E-state index in [1.54, 1.807) is 48.5 Å². The zero-order valence-corrected chi connectivity index (χ0v) is 14.2. The molecule has 1 N–H and O–H groups in total. The Morgan fingerprint density at radius 3 is 2.68 bits per heavy atom. The zero-order chi connectivity index (χ0) is 19.5. The number of halogens is 1. The maximum atomic E-state index is 13.9. The van der Waals surface area contributed by atoms with Crippen LogP contribution in [0.4, 0.5) is 10.4 Å². The Morgan fingerprint density at radius 2 is 1.93 bits per heavy atom. The SMILES string of the molecule is N#Cc1ccc(-c2cccc(C(=O)Nc3nnc(-c4ccco4)o3)c2)cc1F. The molecule has 2 aromatic heterocycles. The van der Waals surface area contributed by atoms with E-state index in [4.69, 9.17) is 14.1 Å². The summed E-state index contributed by atoms with van der Waals surface area (Å²) in [7, 11) is 0. The van der Waals surface area contributed by atoms with E-state index in [-0.39, 0.29) is 17.5 Å². The van der Waals surface area contributed by atoms with Gasteiger partial charge in [0.15, 0.2) is 5.76 Å². The molecule has 0 spiro atoms. The Balaban J connectivity index is 1.55. The van der Waals surface area contributed by atoms with Crippen LogP contribution >= 0.6 is 0 Å². The number of amides is 1. The van der Waals surface area contributed by atoms with Crippen molar-refractivity contribution in [2.45, 2.75) is 0 Å². The summed E-state index contributed by atoms with van der Waals surface area (Å²) in [6.45, 7) is 0. The average molecular weight is 374 g/mol. The molecule has 1 amide bonds.